The lowest BCUT2D eigenvalue weighted by atomic mass is 10.2. The van der Waals surface area contributed by atoms with Crippen molar-refractivity contribution < 1.29 is 4.74 Å². The maximum atomic E-state index is 6.00. The molecular weight excluding hydrogens is 298 g/mol. The van der Waals surface area contributed by atoms with Crippen molar-refractivity contribution in [2.75, 3.05) is 13.1 Å². The van der Waals surface area contributed by atoms with Crippen LogP contribution in [0.4, 0.5) is 0 Å². The highest BCUT2D eigenvalue weighted by atomic mass is 16.5. The molecule has 3 rings (SSSR count). The standard InChI is InChI=1S/C20H25N3O/c1-3-11-21-12-10-18-14-23-13-4-5-19(20(23)22-18)24-15-17-8-6-16(2)7-9-17/h4-9,13-14,21H,3,10-12,15H2,1-2H3. The zero-order chi connectivity index (χ0) is 16.8. The molecule has 24 heavy (non-hydrogen) atoms. The second kappa shape index (κ2) is 7.97. The summed E-state index contributed by atoms with van der Waals surface area (Å²) in [4.78, 5) is 4.73. The van der Waals surface area contributed by atoms with Crippen molar-refractivity contribution in [1.82, 2.24) is 14.7 Å². The topological polar surface area (TPSA) is 38.6 Å². The molecule has 4 nitrogen and oxygen atoms in total. The minimum absolute atomic E-state index is 0.556. The molecule has 2 aromatic heterocycles. The van der Waals surface area contributed by atoms with Gasteiger partial charge in [-0.25, -0.2) is 4.98 Å². The van der Waals surface area contributed by atoms with Gasteiger partial charge in [-0.2, -0.15) is 0 Å². The van der Waals surface area contributed by atoms with E-state index in [2.05, 4.69) is 49.6 Å². The molecule has 4 heteroatoms. The summed E-state index contributed by atoms with van der Waals surface area (Å²) in [7, 11) is 0. The van der Waals surface area contributed by atoms with E-state index in [0.717, 1.165) is 48.6 Å². The Balaban J connectivity index is 1.68. The highest BCUT2D eigenvalue weighted by Crippen LogP contribution is 2.20. The normalized spacial score (nSPS) is 11.1. The van der Waals surface area contributed by atoms with Crippen LogP contribution in [-0.4, -0.2) is 22.5 Å². The molecule has 0 radical (unpaired) electrons. The molecule has 0 saturated heterocycles. The van der Waals surface area contributed by atoms with E-state index in [1.165, 1.54) is 5.56 Å². The fourth-order valence-corrected chi connectivity index (χ4v) is 2.63. The molecule has 0 amide bonds. The number of hydrogen-bond acceptors (Lipinski definition) is 3. The number of aromatic nitrogens is 2. The van der Waals surface area contributed by atoms with E-state index in [9.17, 15) is 0 Å². The fraction of sp³-hybridized carbons (Fsp3) is 0.350. The van der Waals surface area contributed by atoms with Gasteiger partial charge < -0.3 is 14.5 Å². The van der Waals surface area contributed by atoms with Crippen LogP contribution in [0.2, 0.25) is 0 Å². The van der Waals surface area contributed by atoms with Crippen molar-refractivity contribution in [3.05, 3.63) is 65.6 Å². The third-order valence-electron chi connectivity index (χ3n) is 4.00. The molecule has 0 aliphatic heterocycles. The maximum Gasteiger partial charge on any atom is 0.179 e. The Kier molecular flexibility index (Phi) is 5.49. The summed E-state index contributed by atoms with van der Waals surface area (Å²) in [5.41, 5.74) is 4.40. The molecule has 2 heterocycles. The molecular formula is C20H25N3O. The number of nitrogens with one attached hydrogen (secondary N) is 1. The van der Waals surface area contributed by atoms with Crippen LogP contribution in [0.25, 0.3) is 5.65 Å². The maximum absolute atomic E-state index is 6.00. The summed E-state index contributed by atoms with van der Waals surface area (Å²) in [6, 6.07) is 12.4. The first kappa shape index (κ1) is 16.5. The van der Waals surface area contributed by atoms with Crippen LogP contribution in [0.15, 0.2) is 48.8 Å². The number of ether oxygens (including phenoxy) is 1. The number of rotatable bonds is 8. The van der Waals surface area contributed by atoms with E-state index in [4.69, 9.17) is 9.72 Å². The lowest BCUT2D eigenvalue weighted by Gasteiger charge is -2.07. The second-order valence-electron chi connectivity index (χ2n) is 6.11. The van der Waals surface area contributed by atoms with Gasteiger partial charge in [0.15, 0.2) is 11.4 Å². The number of imidazole rings is 1. The van der Waals surface area contributed by atoms with Crippen LogP contribution in [0, 0.1) is 6.92 Å². The summed E-state index contributed by atoms with van der Waals surface area (Å²) in [6.45, 7) is 6.83. The first-order valence-electron chi connectivity index (χ1n) is 8.62. The van der Waals surface area contributed by atoms with Crippen molar-refractivity contribution in [3.8, 4) is 5.75 Å². The molecule has 1 aromatic carbocycles. The summed E-state index contributed by atoms with van der Waals surface area (Å²) >= 11 is 0. The number of pyridine rings is 1. The van der Waals surface area contributed by atoms with Crippen molar-refractivity contribution in [3.63, 3.8) is 0 Å². The molecule has 0 aliphatic rings. The van der Waals surface area contributed by atoms with Gasteiger partial charge in [0.2, 0.25) is 0 Å². The quantitative estimate of drug-likeness (QED) is 0.641. The molecule has 1 N–H and O–H groups in total. The predicted molar refractivity (Wildman–Crippen MR) is 97.6 cm³/mol. The van der Waals surface area contributed by atoms with Crippen molar-refractivity contribution in [1.29, 1.82) is 0 Å². The largest absolute Gasteiger partial charge is 0.485 e. The Labute approximate surface area is 143 Å². The van der Waals surface area contributed by atoms with E-state index in [1.54, 1.807) is 0 Å². The number of aryl methyl sites for hydroxylation is 1. The monoisotopic (exact) mass is 323 g/mol. The van der Waals surface area contributed by atoms with Crippen molar-refractivity contribution in [2.24, 2.45) is 0 Å². The zero-order valence-electron chi connectivity index (χ0n) is 14.5. The van der Waals surface area contributed by atoms with Gasteiger partial charge in [-0.15, -0.1) is 0 Å². The molecule has 0 atom stereocenters. The van der Waals surface area contributed by atoms with Gasteiger partial charge in [-0.05, 0) is 37.6 Å². The molecule has 3 aromatic rings. The first-order valence-corrected chi connectivity index (χ1v) is 8.62. The highest BCUT2D eigenvalue weighted by molar-refractivity contribution is 5.54. The van der Waals surface area contributed by atoms with Crippen LogP contribution in [0.1, 0.15) is 30.2 Å². The molecule has 0 fully saturated rings. The van der Waals surface area contributed by atoms with Crippen LogP contribution in [0.5, 0.6) is 5.75 Å². The fourth-order valence-electron chi connectivity index (χ4n) is 2.63. The van der Waals surface area contributed by atoms with Crippen LogP contribution in [-0.2, 0) is 13.0 Å². The predicted octanol–water partition coefficient (Wildman–Crippen LogP) is 3.76. The smallest absolute Gasteiger partial charge is 0.179 e. The molecule has 0 aliphatic carbocycles. The first-order chi connectivity index (χ1) is 11.8. The van der Waals surface area contributed by atoms with Crippen LogP contribution in [0.3, 0.4) is 0 Å². The molecule has 0 spiro atoms. The van der Waals surface area contributed by atoms with Gasteiger partial charge in [-0.1, -0.05) is 36.8 Å². The number of benzene rings is 1. The third kappa shape index (κ3) is 4.15. The van der Waals surface area contributed by atoms with Gasteiger partial charge >= 0.3 is 0 Å². The summed E-state index contributed by atoms with van der Waals surface area (Å²) in [5, 5.41) is 3.41. The highest BCUT2D eigenvalue weighted by Gasteiger charge is 2.07. The van der Waals surface area contributed by atoms with E-state index >= 15 is 0 Å². The van der Waals surface area contributed by atoms with E-state index < -0.39 is 0 Å². The second-order valence-corrected chi connectivity index (χ2v) is 6.11. The Morgan fingerprint density at radius 1 is 1.12 bits per heavy atom. The van der Waals surface area contributed by atoms with Gasteiger partial charge in [0.05, 0.1) is 5.69 Å². The van der Waals surface area contributed by atoms with Crippen LogP contribution >= 0.6 is 0 Å². The molecule has 126 valence electrons. The van der Waals surface area contributed by atoms with Gasteiger partial charge in [0, 0.05) is 25.4 Å². The Hall–Kier alpha value is -2.33. The van der Waals surface area contributed by atoms with E-state index in [0.29, 0.717) is 6.61 Å². The van der Waals surface area contributed by atoms with Crippen molar-refractivity contribution >= 4 is 5.65 Å². The average Bonchev–Trinajstić information content (AvgIpc) is 3.02. The number of nitrogens with zero attached hydrogens (tertiary/aromatic N) is 2. The average molecular weight is 323 g/mol. The van der Waals surface area contributed by atoms with E-state index in [-0.39, 0.29) is 0 Å². The summed E-state index contributed by atoms with van der Waals surface area (Å²) < 4.78 is 8.04. The SMILES string of the molecule is CCCNCCc1cn2cccc(OCc3ccc(C)cc3)c2n1. The van der Waals surface area contributed by atoms with Gasteiger partial charge in [0.25, 0.3) is 0 Å². The third-order valence-corrected chi connectivity index (χ3v) is 4.00. The van der Waals surface area contributed by atoms with E-state index in [1.807, 2.05) is 22.7 Å². The molecule has 0 bridgehead atoms. The molecule has 0 unspecified atom stereocenters. The lowest BCUT2D eigenvalue weighted by Crippen LogP contribution is -2.17. The Morgan fingerprint density at radius 2 is 1.96 bits per heavy atom. The lowest BCUT2D eigenvalue weighted by molar-refractivity contribution is 0.308. The van der Waals surface area contributed by atoms with Gasteiger partial charge in [-0.3, -0.25) is 0 Å². The number of hydrogen-bond donors (Lipinski definition) is 1. The Morgan fingerprint density at radius 3 is 2.75 bits per heavy atom. The van der Waals surface area contributed by atoms with Gasteiger partial charge in [0.1, 0.15) is 6.61 Å². The minimum atomic E-state index is 0.556. The summed E-state index contributed by atoms with van der Waals surface area (Å²) in [6.07, 6.45) is 6.19. The zero-order valence-corrected chi connectivity index (χ0v) is 14.5. The van der Waals surface area contributed by atoms with Crippen LogP contribution < -0.4 is 10.1 Å². The molecule has 0 saturated carbocycles. The summed E-state index contributed by atoms with van der Waals surface area (Å²) in [5.74, 6) is 0.825. The number of fused-ring (bicyclic) bond motifs is 1. The van der Waals surface area contributed by atoms with Crippen molar-refractivity contribution in [2.45, 2.75) is 33.3 Å². The Bertz CT molecular complexity index is 777. The minimum Gasteiger partial charge on any atom is -0.485 e.